The van der Waals surface area contributed by atoms with Gasteiger partial charge in [-0.05, 0) is 31.9 Å². The maximum Gasteiger partial charge on any atom is 0.219 e. The van der Waals surface area contributed by atoms with Crippen LogP contribution in [0.3, 0.4) is 0 Å². The summed E-state index contributed by atoms with van der Waals surface area (Å²) in [5, 5.41) is 12.4. The molecule has 3 heterocycles. The van der Waals surface area contributed by atoms with Gasteiger partial charge in [0.05, 0.1) is 5.69 Å². The van der Waals surface area contributed by atoms with E-state index < -0.39 is 0 Å². The van der Waals surface area contributed by atoms with Crippen molar-refractivity contribution in [3.8, 4) is 10.8 Å². The molecular weight excluding hydrogens is 370 g/mol. The number of nitrogens with zero attached hydrogens (tertiary/aromatic N) is 4. The maximum absolute atomic E-state index is 11.2. The van der Waals surface area contributed by atoms with E-state index in [1.807, 2.05) is 29.0 Å². The highest BCUT2D eigenvalue weighted by Gasteiger charge is 2.30. The molecule has 4 rings (SSSR count). The van der Waals surface area contributed by atoms with Gasteiger partial charge in [-0.1, -0.05) is 11.8 Å². The summed E-state index contributed by atoms with van der Waals surface area (Å²) in [5.41, 5.74) is 6.28. The SMILES string of the molecule is Cc1ccc(-c2nc(CSc3nnc(C4CC4)n3CCC(N)=O)cs2)o1. The number of thiazole rings is 1. The number of primary amides is 1. The average molecular weight is 390 g/mol. The number of amides is 1. The predicted molar refractivity (Wildman–Crippen MR) is 99.9 cm³/mol. The molecule has 2 N–H and O–H groups in total. The van der Waals surface area contributed by atoms with Crippen LogP contribution in [0.25, 0.3) is 10.8 Å². The third kappa shape index (κ3) is 3.83. The first-order valence-corrected chi connectivity index (χ1v) is 10.3. The van der Waals surface area contributed by atoms with E-state index in [4.69, 9.17) is 10.2 Å². The zero-order valence-electron chi connectivity index (χ0n) is 14.3. The third-order valence-corrected chi connectivity index (χ3v) is 6.03. The summed E-state index contributed by atoms with van der Waals surface area (Å²) in [6, 6.07) is 3.87. The van der Waals surface area contributed by atoms with Gasteiger partial charge < -0.3 is 14.7 Å². The van der Waals surface area contributed by atoms with Crippen LogP contribution in [0.15, 0.2) is 27.1 Å². The second-order valence-electron chi connectivity index (χ2n) is 6.33. The first kappa shape index (κ1) is 17.3. The van der Waals surface area contributed by atoms with E-state index in [0.717, 1.165) is 46.0 Å². The molecular formula is C17H19N5O2S2. The Labute approximate surface area is 159 Å². The van der Waals surface area contributed by atoms with Gasteiger partial charge in [0.25, 0.3) is 0 Å². The van der Waals surface area contributed by atoms with Crippen molar-refractivity contribution in [2.45, 2.75) is 49.6 Å². The van der Waals surface area contributed by atoms with Gasteiger partial charge in [-0.2, -0.15) is 0 Å². The van der Waals surface area contributed by atoms with Crippen LogP contribution in [0.4, 0.5) is 0 Å². The zero-order valence-corrected chi connectivity index (χ0v) is 16.0. The number of nitrogens with two attached hydrogens (primary N) is 1. The molecule has 3 aromatic heterocycles. The number of aromatic nitrogens is 4. The first-order chi connectivity index (χ1) is 12.6. The van der Waals surface area contributed by atoms with Crippen molar-refractivity contribution >= 4 is 29.0 Å². The van der Waals surface area contributed by atoms with Gasteiger partial charge in [-0.25, -0.2) is 4.98 Å². The summed E-state index contributed by atoms with van der Waals surface area (Å²) in [4.78, 5) is 15.8. The fourth-order valence-electron chi connectivity index (χ4n) is 2.66. The summed E-state index contributed by atoms with van der Waals surface area (Å²) in [5.74, 6) is 3.49. The molecule has 0 radical (unpaired) electrons. The van der Waals surface area contributed by atoms with Gasteiger partial charge in [0.1, 0.15) is 11.6 Å². The van der Waals surface area contributed by atoms with E-state index in [-0.39, 0.29) is 5.91 Å². The summed E-state index contributed by atoms with van der Waals surface area (Å²) in [6.07, 6.45) is 2.57. The number of hydrogen-bond donors (Lipinski definition) is 1. The zero-order chi connectivity index (χ0) is 18.1. The Hall–Kier alpha value is -2.13. The highest BCUT2D eigenvalue weighted by atomic mass is 32.2. The van der Waals surface area contributed by atoms with Crippen LogP contribution < -0.4 is 5.73 Å². The van der Waals surface area contributed by atoms with Crippen LogP contribution in [0.5, 0.6) is 0 Å². The molecule has 1 amide bonds. The molecule has 1 aliphatic rings. The lowest BCUT2D eigenvalue weighted by molar-refractivity contribution is -0.118. The molecule has 3 aromatic rings. The van der Waals surface area contributed by atoms with Crippen molar-refractivity contribution in [1.29, 1.82) is 0 Å². The van der Waals surface area contributed by atoms with Crippen molar-refractivity contribution in [2.75, 3.05) is 0 Å². The minimum atomic E-state index is -0.311. The van der Waals surface area contributed by atoms with E-state index in [1.165, 1.54) is 0 Å². The largest absolute Gasteiger partial charge is 0.459 e. The Bertz CT molecular complexity index is 925. The minimum absolute atomic E-state index is 0.296. The summed E-state index contributed by atoms with van der Waals surface area (Å²) < 4.78 is 7.66. The second-order valence-corrected chi connectivity index (χ2v) is 8.13. The van der Waals surface area contributed by atoms with Crippen molar-refractivity contribution in [1.82, 2.24) is 19.7 Å². The molecule has 136 valence electrons. The summed E-state index contributed by atoms with van der Waals surface area (Å²) in [6.45, 7) is 2.45. The first-order valence-electron chi connectivity index (χ1n) is 8.45. The Morgan fingerprint density at radius 2 is 2.27 bits per heavy atom. The number of rotatable bonds is 8. The van der Waals surface area contributed by atoms with Gasteiger partial charge in [0.2, 0.25) is 5.91 Å². The molecule has 1 saturated carbocycles. The number of carbonyl (C=O) groups excluding carboxylic acids is 1. The highest BCUT2D eigenvalue weighted by Crippen LogP contribution is 2.40. The van der Waals surface area contributed by atoms with E-state index >= 15 is 0 Å². The summed E-state index contributed by atoms with van der Waals surface area (Å²) >= 11 is 3.15. The normalized spacial score (nSPS) is 14.0. The van der Waals surface area contributed by atoms with Crippen LogP contribution in [0.1, 0.15) is 42.5 Å². The van der Waals surface area contributed by atoms with Gasteiger partial charge in [0, 0.05) is 30.0 Å². The van der Waals surface area contributed by atoms with Gasteiger partial charge in [-0.15, -0.1) is 21.5 Å². The van der Waals surface area contributed by atoms with Crippen molar-refractivity contribution in [3.05, 3.63) is 34.8 Å². The maximum atomic E-state index is 11.2. The Balaban J connectivity index is 1.46. The Morgan fingerprint density at radius 1 is 1.42 bits per heavy atom. The molecule has 1 aliphatic carbocycles. The molecule has 0 atom stereocenters. The fraction of sp³-hybridized carbons (Fsp3) is 0.412. The second kappa shape index (κ2) is 7.24. The molecule has 26 heavy (non-hydrogen) atoms. The molecule has 0 saturated heterocycles. The minimum Gasteiger partial charge on any atom is -0.459 e. The van der Waals surface area contributed by atoms with E-state index in [1.54, 1.807) is 23.1 Å². The molecule has 0 aliphatic heterocycles. The third-order valence-electron chi connectivity index (χ3n) is 4.12. The predicted octanol–water partition coefficient (Wildman–Crippen LogP) is 3.35. The van der Waals surface area contributed by atoms with Crippen molar-refractivity contribution in [2.24, 2.45) is 5.73 Å². The van der Waals surface area contributed by atoms with Crippen molar-refractivity contribution < 1.29 is 9.21 Å². The summed E-state index contributed by atoms with van der Waals surface area (Å²) in [7, 11) is 0. The standard InChI is InChI=1S/C17H19N5O2S2/c1-10-2-5-13(24-10)16-19-12(8-25-16)9-26-17-21-20-15(11-3-4-11)22(17)7-6-14(18)23/h2,5,8,11H,3-4,6-7,9H2,1H3,(H2,18,23). The van der Waals surface area contributed by atoms with Crippen LogP contribution in [0, 0.1) is 6.92 Å². The Morgan fingerprint density at radius 3 is 2.96 bits per heavy atom. The lowest BCUT2D eigenvalue weighted by Gasteiger charge is -2.08. The van der Waals surface area contributed by atoms with Gasteiger partial charge in [-0.3, -0.25) is 4.79 Å². The smallest absolute Gasteiger partial charge is 0.219 e. The van der Waals surface area contributed by atoms with E-state index in [9.17, 15) is 4.79 Å². The average Bonchev–Trinajstić information content (AvgIpc) is 3.02. The van der Waals surface area contributed by atoms with E-state index in [2.05, 4.69) is 15.2 Å². The highest BCUT2D eigenvalue weighted by molar-refractivity contribution is 7.98. The Kier molecular flexibility index (Phi) is 4.82. The lowest BCUT2D eigenvalue weighted by atomic mass is 10.3. The van der Waals surface area contributed by atoms with Crippen LogP contribution in [-0.2, 0) is 17.1 Å². The topological polar surface area (TPSA) is 99.8 Å². The van der Waals surface area contributed by atoms with Crippen LogP contribution in [-0.4, -0.2) is 25.7 Å². The quantitative estimate of drug-likeness (QED) is 0.593. The molecule has 0 aromatic carbocycles. The molecule has 0 spiro atoms. The molecule has 0 unspecified atom stereocenters. The monoisotopic (exact) mass is 389 g/mol. The molecule has 0 bridgehead atoms. The number of thioether (sulfide) groups is 1. The lowest BCUT2D eigenvalue weighted by Crippen LogP contribution is -2.15. The van der Waals surface area contributed by atoms with Gasteiger partial charge >= 0.3 is 0 Å². The number of hydrogen-bond acceptors (Lipinski definition) is 7. The van der Waals surface area contributed by atoms with Crippen LogP contribution in [0.2, 0.25) is 0 Å². The number of carbonyl (C=O) groups is 1. The van der Waals surface area contributed by atoms with Gasteiger partial charge in [0.15, 0.2) is 15.9 Å². The number of furan rings is 1. The molecule has 7 nitrogen and oxygen atoms in total. The fourth-order valence-corrected chi connectivity index (χ4v) is 4.41. The van der Waals surface area contributed by atoms with Crippen molar-refractivity contribution in [3.63, 3.8) is 0 Å². The van der Waals surface area contributed by atoms with Crippen LogP contribution >= 0.6 is 23.1 Å². The number of aryl methyl sites for hydroxylation is 1. The van der Waals surface area contributed by atoms with E-state index in [0.29, 0.717) is 24.6 Å². The molecule has 1 fully saturated rings. The molecule has 9 heteroatoms.